The fraction of sp³-hybridized carbons (Fsp3) is 0.647. The molecule has 2 rings (SSSR count). The summed E-state index contributed by atoms with van der Waals surface area (Å²) in [5.41, 5.74) is 0.964. The number of hydrogen-bond donors (Lipinski definition) is 0. The molecule has 0 unspecified atom stereocenters. The molecule has 122 valence electrons. The Labute approximate surface area is 136 Å². The summed E-state index contributed by atoms with van der Waals surface area (Å²) in [6.07, 6.45) is 1.66. The van der Waals surface area contributed by atoms with E-state index < -0.39 is 0 Å². The van der Waals surface area contributed by atoms with Gasteiger partial charge in [-0.3, -0.25) is 9.59 Å². The molecule has 1 aliphatic rings. The van der Waals surface area contributed by atoms with E-state index in [1.165, 1.54) is 12.7 Å². The Morgan fingerprint density at radius 1 is 1.41 bits per heavy atom. The lowest BCUT2D eigenvalue weighted by Crippen LogP contribution is -2.37. The first kappa shape index (κ1) is 17.0. The van der Waals surface area contributed by atoms with E-state index in [4.69, 9.17) is 4.74 Å². The lowest BCUT2D eigenvalue weighted by atomic mass is 9.85. The van der Waals surface area contributed by atoms with E-state index in [1.54, 1.807) is 11.3 Å². The summed E-state index contributed by atoms with van der Waals surface area (Å²) < 4.78 is 4.72. The van der Waals surface area contributed by atoms with E-state index >= 15 is 0 Å². The van der Waals surface area contributed by atoms with Crippen LogP contribution in [-0.2, 0) is 14.3 Å². The summed E-state index contributed by atoms with van der Waals surface area (Å²) in [4.78, 5) is 26.1. The van der Waals surface area contributed by atoms with Gasteiger partial charge in [0.2, 0.25) is 5.91 Å². The minimum Gasteiger partial charge on any atom is -0.469 e. The minimum absolute atomic E-state index is 0.138. The number of amides is 1. The molecule has 1 amide bonds. The molecule has 1 aromatic rings. The molecule has 1 fully saturated rings. The number of rotatable bonds is 5. The zero-order valence-corrected chi connectivity index (χ0v) is 14.6. The first-order valence-electron chi connectivity index (χ1n) is 7.71. The Balaban J connectivity index is 1.96. The van der Waals surface area contributed by atoms with Gasteiger partial charge in [-0.25, -0.2) is 0 Å². The zero-order chi connectivity index (χ0) is 16.3. The van der Waals surface area contributed by atoms with Crippen molar-refractivity contribution < 1.29 is 14.3 Å². The standard InChI is InChI=1S/C17H25NO3S/c1-12-7-14(13-5-6-22-11-13)10-18(12)15(19)8-17(2,3)9-16(20)21-4/h5-6,11-12,14H,7-10H2,1-4H3/t12-,14+/m0/s1. The molecule has 0 aromatic carbocycles. The number of hydrogen-bond acceptors (Lipinski definition) is 4. The van der Waals surface area contributed by atoms with Gasteiger partial charge in [-0.15, -0.1) is 0 Å². The molecular formula is C17H25NO3S. The van der Waals surface area contributed by atoms with Crippen LogP contribution in [0, 0.1) is 5.41 Å². The van der Waals surface area contributed by atoms with Gasteiger partial charge in [-0.2, -0.15) is 11.3 Å². The molecule has 0 aliphatic carbocycles. The largest absolute Gasteiger partial charge is 0.469 e. The van der Waals surface area contributed by atoms with Crippen LogP contribution in [0.1, 0.15) is 51.5 Å². The summed E-state index contributed by atoms with van der Waals surface area (Å²) in [5, 5.41) is 4.26. The number of carbonyl (C=O) groups is 2. The van der Waals surface area contributed by atoms with Crippen LogP contribution in [-0.4, -0.2) is 36.5 Å². The topological polar surface area (TPSA) is 46.6 Å². The van der Waals surface area contributed by atoms with Gasteiger partial charge >= 0.3 is 5.97 Å². The molecule has 0 bridgehead atoms. The smallest absolute Gasteiger partial charge is 0.306 e. The molecule has 0 radical (unpaired) electrons. The van der Waals surface area contributed by atoms with Gasteiger partial charge in [0, 0.05) is 24.9 Å². The fourth-order valence-corrected chi connectivity index (χ4v) is 3.91. The maximum absolute atomic E-state index is 12.6. The first-order chi connectivity index (χ1) is 10.3. The van der Waals surface area contributed by atoms with Crippen LogP contribution in [0.25, 0.3) is 0 Å². The summed E-state index contributed by atoms with van der Waals surface area (Å²) in [6, 6.07) is 2.41. The second kappa shape index (κ2) is 6.82. The van der Waals surface area contributed by atoms with Gasteiger partial charge in [0.15, 0.2) is 0 Å². The maximum atomic E-state index is 12.6. The maximum Gasteiger partial charge on any atom is 0.306 e. The molecule has 2 atom stereocenters. The van der Waals surface area contributed by atoms with Crippen molar-refractivity contribution in [2.24, 2.45) is 5.41 Å². The Morgan fingerprint density at radius 3 is 2.73 bits per heavy atom. The summed E-state index contributed by atoms with van der Waals surface area (Å²) >= 11 is 1.70. The Hall–Kier alpha value is -1.36. The molecule has 5 heteroatoms. The van der Waals surface area contributed by atoms with E-state index in [-0.39, 0.29) is 29.8 Å². The van der Waals surface area contributed by atoms with Crippen molar-refractivity contribution in [2.45, 2.75) is 52.0 Å². The van der Waals surface area contributed by atoms with Gasteiger partial charge in [-0.05, 0) is 41.1 Å². The van der Waals surface area contributed by atoms with E-state index in [2.05, 4.69) is 23.8 Å². The first-order valence-corrected chi connectivity index (χ1v) is 8.65. The molecule has 2 heterocycles. The Kier molecular flexibility index (Phi) is 5.27. The van der Waals surface area contributed by atoms with Crippen LogP contribution >= 0.6 is 11.3 Å². The lowest BCUT2D eigenvalue weighted by Gasteiger charge is -2.28. The monoisotopic (exact) mass is 323 g/mol. The predicted molar refractivity (Wildman–Crippen MR) is 87.9 cm³/mol. The molecule has 4 nitrogen and oxygen atoms in total. The molecule has 1 aromatic heterocycles. The number of ether oxygens (including phenoxy) is 1. The second-order valence-corrected chi connectivity index (χ2v) is 7.76. The number of esters is 1. The number of methoxy groups -OCH3 is 1. The van der Waals surface area contributed by atoms with E-state index in [1.807, 2.05) is 18.7 Å². The highest BCUT2D eigenvalue weighted by Crippen LogP contribution is 2.35. The van der Waals surface area contributed by atoms with Crippen molar-refractivity contribution >= 4 is 23.2 Å². The summed E-state index contributed by atoms with van der Waals surface area (Å²) in [5.74, 6) is 0.316. The summed E-state index contributed by atoms with van der Waals surface area (Å²) in [6.45, 7) is 6.78. The number of nitrogens with zero attached hydrogens (tertiary/aromatic N) is 1. The highest BCUT2D eigenvalue weighted by Gasteiger charge is 2.36. The van der Waals surface area contributed by atoms with Crippen LogP contribution in [0.5, 0.6) is 0 Å². The van der Waals surface area contributed by atoms with Crippen molar-refractivity contribution in [1.29, 1.82) is 0 Å². The minimum atomic E-state index is -0.371. The zero-order valence-electron chi connectivity index (χ0n) is 13.8. The van der Waals surface area contributed by atoms with Gasteiger partial charge in [0.1, 0.15) is 0 Å². The average Bonchev–Trinajstić information content (AvgIpc) is 3.05. The molecule has 0 spiro atoms. The van der Waals surface area contributed by atoms with E-state index in [9.17, 15) is 9.59 Å². The van der Waals surface area contributed by atoms with E-state index in [0.717, 1.165) is 13.0 Å². The average molecular weight is 323 g/mol. The third kappa shape index (κ3) is 4.09. The van der Waals surface area contributed by atoms with Crippen molar-refractivity contribution in [2.75, 3.05) is 13.7 Å². The Morgan fingerprint density at radius 2 is 2.14 bits per heavy atom. The SMILES string of the molecule is COC(=O)CC(C)(C)CC(=O)N1C[C@H](c2ccsc2)C[C@@H]1C. The Bertz CT molecular complexity index is 524. The van der Waals surface area contributed by atoms with Crippen molar-refractivity contribution in [3.05, 3.63) is 22.4 Å². The predicted octanol–water partition coefficient (Wildman–Crippen LogP) is 3.43. The number of carbonyl (C=O) groups excluding carboxylic acids is 2. The third-order valence-corrected chi connectivity index (χ3v) is 5.09. The van der Waals surface area contributed by atoms with E-state index in [0.29, 0.717) is 12.3 Å². The van der Waals surface area contributed by atoms with Gasteiger partial charge in [0.05, 0.1) is 13.5 Å². The molecule has 22 heavy (non-hydrogen) atoms. The second-order valence-electron chi connectivity index (χ2n) is 6.98. The lowest BCUT2D eigenvalue weighted by molar-refractivity contribution is -0.144. The molecule has 1 saturated heterocycles. The van der Waals surface area contributed by atoms with Crippen LogP contribution < -0.4 is 0 Å². The van der Waals surface area contributed by atoms with Crippen LogP contribution in [0.2, 0.25) is 0 Å². The van der Waals surface area contributed by atoms with Crippen molar-refractivity contribution in [1.82, 2.24) is 4.90 Å². The van der Waals surface area contributed by atoms with Crippen LogP contribution in [0.15, 0.2) is 16.8 Å². The third-order valence-electron chi connectivity index (χ3n) is 4.39. The number of thiophene rings is 1. The molecular weight excluding hydrogens is 298 g/mol. The highest BCUT2D eigenvalue weighted by molar-refractivity contribution is 7.07. The molecule has 0 N–H and O–H groups in total. The summed E-state index contributed by atoms with van der Waals surface area (Å²) in [7, 11) is 1.38. The number of likely N-dealkylation sites (tertiary alicyclic amines) is 1. The van der Waals surface area contributed by atoms with Crippen LogP contribution in [0.4, 0.5) is 0 Å². The normalized spacial score (nSPS) is 21.9. The fourth-order valence-electron chi connectivity index (χ4n) is 3.16. The highest BCUT2D eigenvalue weighted by atomic mass is 32.1. The van der Waals surface area contributed by atoms with Crippen LogP contribution in [0.3, 0.4) is 0 Å². The quantitative estimate of drug-likeness (QED) is 0.780. The van der Waals surface area contributed by atoms with Gasteiger partial charge in [0.25, 0.3) is 0 Å². The van der Waals surface area contributed by atoms with Crippen molar-refractivity contribution in [3.8, 4) is 0 Å². The van der Waals surface area contributed by atoms with Gasteiger partial charge < -0.3 is 9.64 Å². The van der Waals surface area contributed by atoms with Gasteiger partial charge in [-0.1, -0.05) is 13.8 Å². The van der Waals surface area contributed by atoms with Crippen molar-refractivity contribution in [3.63, 3.8) is 0 Å². The molecule has 1 aliphatic heterocycles. The molecule has 0 saturated carbocycles.